The van der Waals surface area contributed by atoms with Crippen LogP contribution >= 0.6 is 35.6 Å². The second-order valence-corrected chi connectivity index (χ2v) is 5.37. The summed E-state index contributed by atoms with van der Waals surface area (Å²) in [5.74, 6) is 1.33. The highest BCUT2D eigenvalue weighted by Gasteiger charge is 2.16. The van der Waals surface area contributed by atoms with E-state index in [-0.39, 0.29) is 24.0 Å². The Bertz CT molecular complexity index is 444. The molecule has 3 nitrogen and oxygen atoms in total. The molecular formula is C14H21ClIN3. The second-order valence-electron chi connectivity index (χ2n) is 4.96. The molecule has 3 N–H and O–H groups in total. The van der Waals surface area contributed by atoms with Crippen LogP contribution in [0.25, 0.3) is 0 Å². The maximum atomic E-state index is 5.98. The van der Waals surface area contributed by atoms with Gasteiger partial charge in [0.2, 0.25) is 0 Å². The van der Waals surface area contributed by atoms with E-state index in [0.29, 0.717) is 12.5 Å². The Hall–Kier alpha value is -0.490. The highest BCUT2D eigenvalue weighted by Crippen LogP contribution is 2.25. The summed E-state index contributed by atoms with van der Waals surface area (Å²) in [5.41, 5.74) is 8.03. The molecule has 0 radical (unpaired) electrons. The third-order valence-corrected chi connectivity index (χ3v) is 3.88. The SMILES string of the molecule is Cc1cc(CN=C(N)NCC2CCC2)ccc1Cl.I. The third kappa shape index (κ3) is 5.18. The first-order chi connectivity index (χ1) is 8.65. The number of halogens is 2. The first kappa shape index (κ1) is 16.6. The molecule has 1 fully saturated rings. The lowest BCUT2D eigenvalue weighted by Crippen LogP contribution is -2.37. The predicted molar refractivity (Wildman–Crippen MR) is 92.3 cm³/mol. The third-order valence-electron chi connectivity index (χ3n) is 3.45. The summed E-state index contributed by atoms with van der Waals surface area (Å²) in [6.45, 7) is 3.55. The van der Waals surface area contributed by atoms with Gasteiger partial charge in [0.1, 0.15) is 0 Å². The first-order valence-corrected chi connectivity index (χ1v) is 6.82. The molecule has 0 bridgehead atoms. The van der Waals surface area contributed by atoms with Gasteiger partial charge in [0.25, 0.3) is 0 Å². The molecule has 0 unspecified atom stereocenters. The fourth-order valence-electron chi connectivity index (χ4n) is 1.98. The topological polar surface area (TPSA) is 50.4 Å². The van der Waals surface area contributed by atoms with Crippen LogP contribution in [-0.2, 0) is 6.54 Å². The van der Waals surface area contributed by atoms with Gasteiger partial charge < -0.3 is 11.1 Å². The van der Waals surface area contributed by atoms with E-state index in [2.05, 4.69) is 10.3 Å². The van der Waals surface area contributed by atoms with Crippen molar-refractivity contribution in [3.8, 4) is 0 Å². The van der Waals surface area contributed by atoms with Crippen molar-refractivity contribution in [2.24, 2.45) is 16.6 Å². The zero-order chi connectivity index (χ0) is 13.0. The predicted octanol–water partition coefficient (Wildman–Crippen LogP) is 3.47. The quantitative estimate of drug-likeness (QED) is 0.467. The van der Waals surface area contributed by atoms with Crippen molar-refractivity contribution in [1.29, 1.82) is 0 Å². The zero-order valence-electron chi connectivity index (χ0n) is 11.2. The van der Waals surface area contributed by atoms with E-state index in [1.807, 2.05) is 25.1 Å². The number of nitrogens with zero attached hydrogens (tertiary/aromatic N) is 1. The van der Waals surface area contributed by atoms with Crippen molar-refractivity contribution in [2.75, 3.05) is 6.54 Å². The fraction of sp³-hybridized carbons (Fsp3) is 0.500. The van der Waals surface area contributed by atoms with E-state index in [1.165, 1.54) is 19.3 Å². The number of nitrogens with one attached hydrogen (secondary N) is 1. The Morgan fingerprint density at radius 2 is 2.21 bits per heavy atom. The molecule has 0 amide bonds. The number of rotatable bonds is 4. The summed E-state index contributed by atoms with van der Waals surface area (Å²) in [7, 11) is 0. The van der Waals surface area contributed by atoms with E-state index >= 15 is 0 Å². The van der Waals surface area contributed by atoms with Crippen LogP contribution in [-0.4, -0.2) is 12.5 Å². The van der Waals surface area contributed by atoms with E-state index in [0.717, 1.165) is 28.6 Å². The molecule has 19 heavy (non-hydrogen) atoms. The highest BCUT2D eigenvalue weighted by molar-refractivity contribution is 14.0. The van der Waals surface area contributed by atoms with Gasteiger partial charge in [0.05, 0.1) is 6.54 Å². The number of guanidine groups is 1. The van der Waals surface area contributed by atoms with Crippen molar-refractivity contribution < 1.29 is 0 Å². The molecule has 1 aliphatic carbocycles. The minimum Gasteiger partial charge on any atom is -0.370 e. The molecule has 5 heteroatoms. The van der Waals surface area contributed by atoms with Crippen molar-refractivity contribution in [3.63, 3.8) is 0 Å². The number of hydrogen-bond donors (Lipinski definition) is 2. The average molecular weight is 394 g/mol. The molecule has 0 spiro atoms. The normalized spacial score (nSPS) is 15.6. The van der Waals surface area contributed by atoms with E-state index in [1.54, 1.807) is 0 Å². The molecule has 0 heterocycles. The maximum Gasteiger partial charge on any atom is 0.188 e. The Kier molecular flexibility index (Phi) is 6.93. The molecule has 1 aromatic carbocycles. The van der Waals surface area contributed by atoms with Gasteiger partial charge in [-0.3, -0.25) is 0 Å². The van der Waals surface area contributed by atoms with Gasteiger partial charge in [0.15, 0.2) is 5.96 Å². The van der Waals surface area contributed by atoms with Crippen LogP contribution in [0.1, 0.15) is 30.4 Å². The van der Waals surface area contributed by atoms with Crippen LogP contribution in [0.2, 0.25) is 5.02 Å². The lowest BCUT2D eigenvalue weighted by molar-refractivity contribution is 0.315. The monoisotopic (exact) mass is 393 g/mol. The summed E-state index contributed by atoms with van der Waals surface area (Å²) < 4.78 is 0. The molecule has 0 saturated heterocycles. The molecule has 1 aromatic rings. The van der Waals surface area contributed by atoms with E-state index in [9.17, 15) is 0 Å². The van der Waals surface area contributed by atoms with Gasteiger partial charge in [-0.15, -0.1) is 24.0 Å². The summed E-state index contributed by atoms with van der Waals surface area (Å²) >= 11 is 5.98. The Morgan fingerprint density at radius 1 is 1.47 bits per heavy atom. The van der Waals surface area contributed by atoms with Crippen LogP contribution in [0.3, 0.4) is 0 Å². The summed E-state index contributed by atoms with van der Waals surface area (Å²) in [4.78, 5) is 4.34. The number of nitrogens with two attached hydrogens (primary N) is 1. The Balaban J connectivity index is 0.00000180. The van der Waals surface area contributed by atoms with Gasteiger partial charge in [0, 0.05) is 11.6 Å². The van der Waals surface area contributed by atoms with Crippen LogP contribution in [0.4, 0.5) is 0 Å². The minimum absolute atomic E-state index is 0. The van der Waals surface area contributed by atoms with Crippen LogP contribution < -0.4 is 11.1 Å². The Labute approximate surface area is 137 Å². The zero-order valence-corrected chi connectivity index (χ0v) is 14.2. The first-order valence-electron chi connectivity index (χ1n) is 6.44. The fourth-order valence-corrected chi connectivity index (χ4v) is 2.10. The molecule has 106 valence electrons. The van der Waals surface area contributed by atoms with Gasteiger partial charge in [-0.1, -0.05) is 30.2 Å². The van der Waals surface area contributed by atoms with Crippen molar-refractivity contribution in [1.82, 2.24) is 5.32 Å². The smallest absolute Gasteiger partial charge is 0.188 e. The van der Waals surface area contributed by atoms with Crippen LogP contribution in [0.5, 0.6) is 0 Å². The minimum atomic E-state index is 0. The summed E-state index contributed by atoms with van der Waals surface area (Å²) in [6.07, 6.45) is 3.99. The average Bonchev–Trinajstić information content (AvgIpc) is 2.29. The lowest BCUT2D eigenvalue weighted by Gasteiger charge is -2.25. The van der Waals surface area contributed by atoms with Gasteiger partial charge in [-0.05, 0) is 42.9 Å². The molecule has 0 aliphatic heterocycles. The highest BCUT2D eigenvalue weighted by atomic mass is 127. The van der Waals surface area contributed by atoms with Crippen LogP contribution in [0, 0.1) is 12.8 Å². The number of aliphatic imine (C=N–C) groups is 1. The summed E-state index contributed by atoms with van der Waals surface area (Å²) in [6, 6.07) is 5.93. The lowest BCUT2D eigenvalue weighted by atomic mass is 9.85. The molecule has 1 aliphatic rings. The number of benzene rings is 1. The van der Waals surface area contributed by atoms with Crippen LogP contribution in [0.15, 0.2) is 23.2 Å². The van der Waals surface area contributed by atoms with Gasteiger partial charge in [-0.25, -0.2) is 4.99 Å². The number of aryl methyl sites for hydroxylation is 1. The van der Waals surface area contributed by atoms with Crippen molar-refractivity contribution in [3.05, 3.63) is 34.3 Å². The molecular weight excluding hydrogens is 373 g/mol. The molecule has 0 aromatic heterocycles. The van der Waals surface area contributed by atoms with Crippen molar-refractivity contribution >= 4 is 41.5 Å². The molecule has 1 saturated carbocycles. The second kappa shape index (κ2) is 7.94. The standard InChI is InChI=1S/C14H20ClN3.HI/c1-10-7-12(5-6-13(10)15)9-18-14(16)17-8-11-3-2-4-11;/h5-7,11H,2-4,8-9H2,1H3,(H3,16,17,18);1H. The summed E-state index contributed by atoms with van der Waals surface area (Å²) in [5, 5.41) is 3.97. The molecule has 0 atom stereocenters. The Morgan fingerprint density at radius 3 is 2.79 bits per heavy atom. The van der Waals surface area contributed by atoms with Crippen molar-refractivity contribution in [2.45, 2.75) is 32.7 Å². The number of hydrogen-bond acceptors (Lipinski definition) is 1. The van der Waals surface area contributed by atoms with Gasteiger partial charge >= 0.3 is 0 Å². The molecule has 2 rings (SSSR count). The van der Waals surface area contributed by atoms with Gasteiger partial charge in [-0.2, -0.15) is 0 Å². The van der Waals surface area contributed by atoms with E-state index in [4.69, 9.17) is 17.3 Å². The maximum absolute atomic E-state index is 5.98. The largest absolute Gasteiger partial charge is 0.370 e. The van der Waals surface area contributed by atoms with E-state index < -0.39 is 0 Å².